The summed E-state index contributed by atoms with van der Waals surface area (Å²) >= 11 is 0. The highest BCUT2D eigenvalue weighted by atomic mass is 16.3. The van der Waals surface area contributed by atoms with E-state index in [0.29, 0.717) is 0 Å². The first kappa shape index (κ1) is 11.7. The summed E-state index contributed by atoms with van der Waals surface area (Å²) < 4.78 is 5.36. The number of aliphatic hydroxyl groups is 1. The first-order chi connectivity index (χ1) is 8.35. The maximum Gasteiger partial charge on any atom is 0.123 e. The Balaban J connectivity index is 2.22. The molecular weight excluding hydrogens is 214 g/mol. The Kier molecular flexibility index (Phi) is 3.83. The highest BCUT2D eigenvalue weighted by Gasteiger charge is 2.10. The van der Waals surface area contributed by atoms with Crippen molar-refractivity contribution >= 4 is 5.69 Å². The van der Waals surface area contributed by atoms with E-state index in [1.165, 1.54) is 0 Å². The Morgan fingerprint density at radius 2 is 2.00 bits per heavy atom. The van der Waals surface area contributed by atoms with Crippen molar-refractivity contribution < 1.29 is 9.52 Å². The van der Waals surface area contributed by atoms with Crippen LogP contribution in [0.15, 0.2) is 47.1 Å². The lowest BCUT2D eigenvalue weighted by Crippen LogP contribution is -2.22. The average molecular weight is 231 g/mol. The number of anilines is 1. The van der Waals surface area contributed by atoms with Gasteiger partial charge >= 0.3 is 0 Å². The lowest BCUT2D eigenvalue weighted by atomic mass is 10.1. The molecule has 0 saturated heterocycles. The van der Waals surface area contributed by atoms with Gasteiger partial charge in [-0.3, -0.25) is 0 Å². The fourth-order valence-electron chi connectivity index (χ4n) is 1.91. The molecule has 1 N–H and O–H groups in total. The molecule has 3 heteroatoms. The largest absolute Gasteiger partial charge is 0.467 e. The van der Waals surface area contributed by atoms with Gasteiger partial charge in [-0.15, -0.1) is 0 Å². The molecule has 0 spiro atoms. The van der Waals surface area contributed by atoms with Crippen molar-refractivity contribution in [2.24, 2.45) is 0 Å². The molecule has 0 aliphatic heterocycles. The lowest BCUT2D eigenvalue weighted by molar-refractivity contribution is 0.282. The average Bonchev–Trinajstić information content (AvgIpc) is 2.89. The quantitative estimate of drug-likeness (QED) is 0.859. The molecule has 17 heavy (non-hydrogen) atoms. The molecule has 0 radical (unpaired) electrons. The van der Waals surface area contributed by atoms with E-state index in [1.807, 2.05) is 36.4 Å². The summed E-state index contributed by atoms with van der Waals surface area (Å²) in [5.74, 6) is 0.930. The summed E-state index contributed by atoms with van der Waals surface area (Å²) in [6.07, 6.45) is 1.68. The second-order valence-electron chi connectivity index (χ2n) is 3.88. The van der Waals surface area contributed by atoms with Crippen LogP contribution in [0.2, 0.25) is 0 Å². The summed E-state index contributed by atoms with van der Waals surface area (Å²) in [6.45, 7) is 3.75. The van der Waals surface area contributed by atoms with Gasteiger partial charge in [0.2, 0.25) is 0 Å². The molecule has 0 saturated carbocycles. The van der Waals surface area contributed by atoms with Crippen molar-refractivity contribution in [3.8, 4) is 0 Å². The second kappa shape index (κ2) is 5.55. The van der Waals surface area contributed by atoms with E-state index in [-0.39, 0.29) is 6.61 Å². The minimum Gasteiger partial charge on any atom is -0.467 e. The van der Waals surface area contributed by atoms with Crippen LogP contribution in [0, 0.1) is 0 Å². The van der Waals surface area contributed by atoms with E-state index >= 15 is 0 Å². The zero-order chi connectivity index (χ0) is 12.1. The highest BCUT2D eigenvalue weighted by molar-refractivity contribution is 5.53. The van der Waals surface area contributed by atoms with Crippen molar-refractivity contribution in [2.75, 3.05) is 11.4 Å². The van der Waals surface area contributed by atoms with Crippen LogP contribution in [-0.2, 0) is 13.2 Å². The van der Waals surface area contributed by atoms with Crippen LogP contribution in [-0.4, -0.2) is 11.7 Å². The molecule has 90 valence electrons. The number of hydrogen-bond donors (Lipinski definition) is 1. The molecule has 0 fully saturated rings. The van der Waals surface area contributed by atoms with Gasteiger partial charge in [-0.2, -0.15) is 0 Å². The van der Waals surface area contributed by atoms with Gasteiger partial charge < -0.3 is 14.4 Å². The Morgan fingerprint density at radius 3 is 2.65 bits per heavy atom. The van der Waals surface area contributed by atoms with E-state index in [1.54, 1.807) is 6.26 Å². The van der Waals surface area contributed by atoms with Gasteiger partial charge in [0.15, 0.2) is 0 Å². The zero-order valence-electron chi connectivity index (χ0n) is 9.97. The van der Waals surface area contributed by atoms with Crippen molar-refractivity contribution in [1.82, 2.24) is 0 Å². The van der Waals surface area contributed by atoms with Crippen molar-refractivity contribution in [1.29, 1.82) is 0 Å². The number of hydrogen-bond acceptors (Lipinski definition) is 3. The second-order valence-corrected chi connectivity index (χ2v) is 3.88. The summed E-state index contributed by atoms with van der Waals surface area (Å²) in [5.41, 5.74) is 2.01. The van der Waals surface area contributed by atoms with E-state index in [2.05, 4.69) is 11.8 Å². The SMILES string of the molecule is CCN(Cc1ccco1)c1ccccc1CO. The monoisotopic (exact) mass is 231 g/mol. The fourth-order valence-corrected chi connectivity index (χ4v) is 1.91. The van der Waals surface area contributed by atoms with Gasteiger partial charge in [0.1, 0.15) is 5.76 Å². The Bertz CT molecular complexity index is 451. The van der Waals surface area contributed by atoms with Crippen molar-refractivity contribution in [3.05, 3.63) is 54.0 Å². The normalized spacial score (nSPS) is 10.5. The first-order valence-electron chi connectivity index (χ1n) is 5.81. The molecule has 2 aromatic rings. The molecule has 2 rings (SSSR count). The molecule has 1 aromatic carbocycles. The van der Waals surface area contributed by atoms with Gasteiger partial charge in [0.05, 0.1) is 19.4 Å². The van der Waals surface area contributed by atoms with E-state index < -0.39 is 0 Å². The summed E-state index contributed by atoms with van der Waals surface area (Å²) in [5, 5.41) is 9.34. The molecule has 1 aromatic heterocycles. The van der Waals surface area contributed by atoms with Gasteiger partial charge in [-0.1, -0.05) is 18.2 Å². The predicted octanol–water partition coefficient (Wildman–Crippen LogP) is 2.80. The highest BCUT2D eigenvalue weighted by Crippen LogP contribution is 2.22. The minimum absolute atomic E-state index is 0.0603. The molecule has 0 atom stereocenters. The Labute approximate surface area is 101 Å². The zero-order valence-corrected chi connectivity index (χ0v) is 9.97. The number of rotatable bonds is 5. The van der Waals surface area contributed by atoms with E-state index in [4.69, 9.17) is 4.42 Å². The smallest absolute Gasteiger partial charge is 0.123 e. The molecule has 3 nitrogen and oxygen atoms in total. The predicted molar refractivity (Wildman–Crippen MR) is 67.8 cm³/mol. The third-order valence-corrected chi connectivity index (χ3v) is 2.81. The van der Waals surface area contributed by atoms with Crippen molar-refractivity contribution in [2.45, 2.75) is 20.1 Å². The summed E-state index contributed by atoms with van der Waals surface area (Å²) in [6, 6.07) is 11.7. The third kappa shape index (κ3) is 2.68. The molecule has 0 aliphatic carbocycles. The van der Waals surface area contributed by atoms with E-state index in [9.17, 15) is 5.11 Å². The first-order valence-corrected chi connectivity index (χ1v) is 5.81. The van der Waals surface area contributed by atoms with E-state index in [0.717, 1.165) is 30.1 Å². The van der Waals surface area contributed by atoms with Crippen LogP contribution in [0.1, 0.15) is 18.2 Å². The van der Waals surface area contributed by atoms with Crippen LogP contribution >= 0.6 is 0 Å². The lowest BCUT2D eigenvalue weighted by Gasteiger charge is -2.24. The summed E-state index contributed by atoms with van der Waals surface area (Å²) in [7, 11) is 0. The van der Waals surface area contributed by atoms with Crippen LogP contribution in [0.3, 0.4) is 0 Å². The van der Waals surface area contributed by atoms with Crippen LogP contribution < -0.4 is 4.90 Å². The maximum atomic E-state index is 9.34. The molecule has 0 aliphatic rings. The minimum atomic E-state index is 0.0603. The number of nitrogens with zero attached hydrogens (tertiary/aromatic N) is 1. The maximum absolute atomic E-state index is 9.34. The molecule has 0 amide bonds. The standard InChI is InChI=1S/C14H17NO2/c1-2-15(10-13-7-5-9-17-13)14-8-4-3-6-12(14)11-16/h3-9,16H,2,10-11H2,1H3. The number of benzene rings is 1. The number of furan rings is 1. The van der Waals surface area contributed by atoms with Crippen LogP contribution in [0.5, 0.6) is 0 Å². The number of para-hydroxylation sites is 1. The van der Waals surface area contributed by atoms with Crippen LogP contribution in [0.25, 0.3) is 0 Å². The Hall–Kier alpha value is -1.74. The van der Waals surface area contributed by atoms with Gasteiger partial charge in [-0.25, -0.2) is 0 Å². The molecule has 0 unspecified atom stereocenters. The van der Waals surface area contributed by atoms with Crippen molar-refractivity contribution in [3.63, 3.8) is 0 Å². The Morgan fingerprint density at radius 1 is 1.18 bits per heavy atom. The fraction of sp³-hybridized carbons (Fsp3) is 0.286. The molecule has 1 heterocycles. The van der Waals surface area contributed by atoms with Gasteiger partial charge in [0, 0.05) is 17.8 Å². The third-order valence-electron chi connectivity index (χ3n) is 2.81. The molecular formula is C14H17NO2. The number of aliphatic hydroxyl groups excluding tert-OH is 1. The summed E-state index contributed by atoms with van der Waals surface area (Å²) in [4.78, 5) is 2.18. The molecule has 0 bridgehead atoms. The topological polar surface area (TPSA) is 36.6 Å². The van der Waals surface area contributed by atoms with Gasteiger partial charge in [0.25, 0.3) is 0 Å². The van der Waals surface area contributed by atoms with Gasteiger partial charge in [-0.05, 0) is 25.1 Å². The van der Waals surface area contributed by atoms with Crippen LogP contribution in [0.4, 0.5) is 5.69 Å².